The summed E-state index contributed by atoms with van der Waals surface area (Å²) in [5, 5.41) is 11.8. The lowest BCUT2D eigenvalue weighted by atomic mass is 10.2. The van der Waals surface area contributed by atoms with Gasteiger partial charge in [-0.15, -0.1) is 0 Å². The van der Waals surface area contributed by atoms with E-state index in [-0.39, 0.29) is 11.5 Å². The number of nitrogens with one attached hydrogen (secondary N) is 1. The van der Waals surface area contributed by atoms with Crippen molar-refractivity contribution in [2.24, 2.45) is 0 Å². The maximum atomic E-state index is 11.6. The van der Waals surface area contributed by atoms with Crippen LogP contribution in [0.25, 0.3) is 0 Å². The number of hydrogen-bond acceptors (Lipinski definition) is 5. The van der Waals surface area contributed by atoms with Gasteiger partial charge in [-0.25, -0.2) is 14.8 Å². The molecule has 1 fully saturated rings. The topological polar surface area (TPSA) is 92.2 Å². The van der Waals surface area contributed by atoms with E-state index >= 15 is 0 Å². The number of hydrogen-bond donors (Lipinski definition) is 2. The monoisotopic (exact) mass is 295 g/mol. The summed E-state index contributed by atoms with van der Waals surface area (Å²) in [6.45, 7) is 3.40. The third kappa shape index (κ3) is 3.09. The Kier molecular flexibility index (Phi) is 4.27. The van der Waals surface area contributed by atoms with Gasteiger partial charge < -0.3 is 10.4 Å². The molecule has 1 amide bonds. The van der Waals surface area contributed by atoms with E-state index in [9.17, 15) is 14.7 Å². The minimum atomic E-state index is -1.06. The fourth-order valence-corrected chi connectivity index (χ4v) is 2.91. The quantitative estimate of drug-likeness (QED) is 0.633. The molecule has 2 N–H and O–H groups in total. The summed E-state index contributed by atoms with van der Waals surface area (Å²) in [7, 11) is 1.55. The zero-order valence-corrected chi connectivity index (χ0v) is 12.5. The van der Waals surface area contributed by atoms with Gasteiger partial charge in [0.25, 0.3) is 0 Å². The van der Waals surface area contributed by atoms with Gasteiger partial charge in [0.1, 0.15) is 16.4 Å². The normalized spacial score (nSPS) is 15.8. The molecule has 1 unspecified atom stereocenters. The van der Waals surface area contributed by atoms with Crippen molar-refractivity contribution in [3.63, 3.8) is 0 Å². The van der Waals surface area contributed by atoms with Crippen molar-refractivity contribution in [3.8, 4) is 0 Å². The molecule has 108 valence electrons. The van der Waals surface area contributed by atoms with E-state index in [1.165, 1.54) is 0 Å². The first-order valence-electron chi connectivity index (χ1n) is 6.44. The van der Waals surface area contributed by atoms with E-state index in [1.54, 1.807) is 20.9 Å². The summed E-state index contributed by atoms with van der Waals surface area (Å²) in [5.41, 5.74) is 0.552. The second kappa shape index (κ2) is 5.78. The summed E-state index contributed by atoms with van der Waals surface area (Å²) >= 11 is 1.16. The molecule has 1 aliphatic rings. The Labute approximate surface area is 121 Å². The first-order chi connectivity index (χ1) is 9.43. The first kappa shape index (κ1) is 14.8. The average Bonchev–Trinajstić information content (AvgIpc) is 3.20. The second-order valence-corrected chi connectivity index (χ2v) is 6.13. The van der Waals surface area contributed by atoms with Crippen molar-refractivity contribution in [1.29, 1.82) is 0 Å². The Bertz CT molecular complexity index is 558. The number of aromatic nitrogens is 2. The van der Waals surface area contributed by atoms with Gasteiger partial charge in [0.2, 0.25) is 5.91 Å². The molecule has 2 rings (SSSR count). The van der Waals surface area contributed by atoms with Crippen LogP contribution in [0.15, 0.2) is 5.03 Å². The molecule has 6 nitrogen and oxygen atoms in total. The molecule has 1 aliphatic carbocycles. The Morgan fingerprint density at radius 1 is 1.40 bits per heavy atom. The van der Waals surface area contributed by atoms with Crippen LogP contribution in [0.2, 0.25) is 0 Å². The molecule has 1 aromatic heterocycles. The second-order valence-electron chi connectivity index (χ2n) is 4.80. The first-order valence-corrected chi connectivity index (χ1v) is 7.32. The van der Waals surface area contributed by atoms with Crippen molar-refractivity contribution < 1.29 is 14.7 Å². The Hall–Kier alpha value is -1.63. The molecule has 7 heteroatoms. The van der Waals surface area contributed by atoms with Crippen LogP contribution in [-0.4, -0.2) is 39.2 Å². The van der Waals surface area contributed by atoms with Crippen molar-refractivity contribution >= 4 is 23.6 Å². The van der Waals surface area contributed by atoms with Crippen LogP contribution in [0.3, 0.4) is 0 Å². The molecular formula is C13H17N3O3S. The minimum Gasteiger partial charge on any atom is -0.478 e. The lowest BCUT2D eigenvalue weighted by Gasteiger charge is -2.13. The fourth-order valence-electron chi connectivity index (χ4n) is 1.85. The van der Waals surface area contributed by atoms with Crippen molar-refractivity contribution in [2.45, 2.75) is 42.9 Å². The molecular weight excluding hydrogens is 278 g/mol. The van der Waals surface area contributed by atoms with E-state index in [4.69, 9.17) is 0 Å². The summed E-state index contributed by atoms with van der Waals surface area (Å²) < 4.78 is 0. The number of carboxylic acid groups (broad SMARTS) is 1. The molecule has 0 aromatic carbocycles. The molecule has 1 heterocycles. The predicted molar refractivity (Wildman–Crippen MR) is 75.1 cm³/mol. The molecule has 1 aromatic rings. The maximum Gasteiger partial charge on any atom is 0.340 e. The Balaban J connectivity index is 2.37. The Morgan fingerprint density at radius 2 is 2.05 bits per heavy atom. The van der Waals surface area contributed by atoms with Crippen LogP contribution in [0.5, 0.6) is 0 Å². The smallest absolute Gasteiger partial charge is 0.340 e. The number of aryl methyl sites for hydroxylation is 1. The molecule has 1 saturated carbocycles. The standard InChI is InChI=1S/C13H17N3O3S/c1-6-9(13(18)19)12(20-7(2)11(17)14-3)16-10(15-6)8-4-5-8/h7-8H,4-5H2,1-3H3,(H,14,17)(H,18,19). The minimum absolute atomic E-state index is 0.0927. The van der Waals surface area contributed by atoms with Gasteiger partial charge in [0, 0.05) is 13.0 Å². The summed E-state index contributed by atoms with van der Waals surface area (Å²) in [6, 6.07) is 0. The molecule has 0 spiro atoms. The molecule has 1 atom stereocenters. The van der Waals surface area contributed by atoms with E-state index in [0.29, 0.717) is 22.5 Å². The third-order valence-corrected chi connectivity index (χ3v) is 4.22. The Morgan fingerprint density at radius 3 is 2.55 bits per heavy atom. The van der Waals surface area contributed by atoms with Crippen LogP contribution in [0.4, 0.5) is 0 Å². The number of nitrogens with zero attached hydrogens (tertiary/aromatic N) is 2. The lowest BCUT2D eigenvalue weighted by molar-refractivity contribution is -0.119. The van der Waals surface area contributed by atoms with E-state index in [1.807, 2.05) is 0 Å². The summed E-state index contributed by atoms with van der Waals surface area (Å²) in [6.07, 6.45) is 2.09. The number of carbonyl (C=O) groups excluding carboxylic acids is 1. The zero-order valence-electron chi connectivity index (χ0n) is 11.6. The van der Waals surface area contributed by atoms with Gasteiger partial charge in [-0.05, 0) is 26.7 Å². The predicted octanol–water partition coefficient (Wildman–Crippen LogP) is 1.59. The molecule has 0 aliphatic heterocycles. The van der Waals surface area contributed by atoms with Crippen molar-refractivity contribution in [3.05, 3.63) is 17.1 Å². The largest absolute Gasteiger partial charge is 0.478 e. The van der Waals surface area contributed by atoms with Gasteiger partial charge in [-0.2, -0.15) is 0 Å². The van der Waals surface area contributed by atoms with Crippen molar-refractivity contribution in [2.75, 3.05) is 7.05 Å². The highest BCUT2D eigenvalue weighted by Crippen LogP contribution is 2.39. The highest BCUT2D eigenvalue weighted by atomic mass is 32.2. The molecule has 0 saturated heterocycles. The van der Waals surface area contributed by atoms with Gasteiger partial charge >= 0.3 is 5.97 Å². The SMILES string of the molecule is CNC(=O)C(C)Sc1nc(C2CC2)nc(C)c1C(=O)O. The van der Waals surface area contributed by atoms with Crippen LogP contribution >= 0.6 is 11.8 Å². The van der Waals surface area contributed by atoms with Gasteiger partial charge in [-0.1, -0.05) is 11.8 Å². The molecule has 20 heavy (non-hydrogen) atoms. The van der Waals surface area contributed by atoms with Crippen LogP contribution < -0.4 is 5.32 Å². The van der Waals surface area contributed by atoms with E-state index in [2.05, 4.69) is 15.3 Å². The van der Waals surface area contributed by atoms with Crippen LogP contribution in [-0.2, 0) is 4.79 Å². The van der Waals surface area contributed by atoms with Crippen LogP contribution in [0, 0.1) is 6.92 Å². The fraction of sp³-hybridized carbons (Fsp3) is 0.538. The maximum absolute atomic E-state index is 11.6. The van der Waals surface area contributed by atoms with Gasteiger partial charge in [-0.3, -0.25) is 4.79 Å². The number of thioether (sulfide) groups is 1. The summed E-state index contributed by atoms with van der Waals surface area (Å²) in [5.74, 6) is -0.183. The number of aromatic carboxylic acids is 1. The third-order valence-electron chi connectivity index (χ3n) is 3.13. The van der Waals surface area contributed by atoms with Crippen LogP contribution in [0.1, 0.15) is 47.6 Å². The summed E-state index contributed by atoms with van der Waals surface area (Å²) in [4.78, 5) is 31.6. The average molecular weight is 295 g/mol. The lowest BCUT2D eigenvalue weighted by Crippen LogP contribution is -2.27. The van der Waals surface area contributed by atoms with Gasteiger partial charge in [0.05, 0.1) is 10.9 Å². The van der Waals surface area contributed by atoms with Gasteiger partial charge in [0.15, 0.2) is 0 Å². The number of carboxylic acids is 1. The van der Waals surface area contributed by atoms with E-state index in [0.717, 1.165) is 24.6 Å². The van der Waals surface area contributed by atoms with Crippen molar-refractivity contribution in [1.82, 2.24) is 15.3 Å². The highest BCUT2D eigenvalue weighted by molar-refractivity contribution is 8.00. The number of rotatable bonds is 5. The molecule has 0 radical (unpaired) electrons. The highest BCUT2D eigenvalue weighted by Gasteiger charge is 2.30. The number of amides is 1. The number of carbonyl (C=O) groups is 2. The zero-order chi connectivity index (χ0) is 14.9. The molecule has 0 bridgehead atoms. The van der Waals surface area contributed by atoms with E-state index < -0.39 is 11.2 Å².